The summed E-state index contributed by atoms with van der Waals surface area (Å²) in [4.78, 5) is 28.6. The van der Waals surface area contributed by atoms with Crippen molar-refractivity contribution in [2.24, 2.45) is 12.5 Å². The van der Waals surface area contributed by atoms with Crippen molar-refractivity contribution < 1.29 is 9.59 Å². The third kappa shape index (κ3) is 3.37. The number of nitrogens with zero attached hydrogens (tertiary/aromatic N) is 4. The van der Waals surface area contributed by atoms with Crippen LogP contribution in [-0.2, 0) is 11.8 Å². The highest BCUT2D eigenvalue weighted by Gasteiger charge is 2.45. The number of aryl methyl sites for hydroxylation is 1. The lowest BCUT2D eigenvalue weighted by molar-refractivity contribution is -0.127. The van der Waals surface area contributed by atoms with Gasteiger partial charge < -0.3 is 9.80 Å². The molecule has 0 N–H and O–H groups in total. The molecular weight excluding hydrogens is 304 g/mol. The molecule has 3 heterocycles. The number of hydrogen-bond acceptors (Lipinski definition) is 3. The number of carbonyl (C=O) groups excluding carboxylic acids is 2. The van der Waals surface area contributed by atoms with Gasteiger partial charge in [0.2, 0.25) is 5.91 Å². The van der Waals surface area contributed by atoms with E-state index >= 15 is 0 Å². The summed E-state index contributed by atoms with van der Waals surface area (Å²) in [6, 6.07) is 1.76. The minimum absolute atomic E-state index is 0.00355. The van der Waals surface area contributed by atoms with Gasteiger partial charge in [0.15, 0.2) is 0 Å². The van der Waals surface area contributed by atoms with Crippen LogP contribution in [0.15, 0.2) is 23.9 Å². The molecular formula is C18H26N4O2. The predicted octanol–water partition coefficient (Wildman–Crippen LogP) is 1.84. The molecule has 0 aromatic carbocycles. The molecule has 0 unspecified atom stereocenters. The Hall–Kier alpha value is -2.11. The Kier molecular flexibility index (Phi) is 4.47. The summed E-state index contributed by atoms with van der Waals surface area (Å²) in [5.74, 6) is 0.244. The number of aromatic nitrogens is 2. The lowest BCUT2D eigenvalue weighted by Gasteiger charge is -2.38. The molecule has 0 bridgehead atoms. The van der Waals surface area contributed by atoms with Gasteiger partial charge in [0.1, 0.15) is 5.69 Å². The van der Waals surface area contributed by atoms with Crippen LogP contribution in [0.4, 0.5) is 0 Å². The Morgan fingerprint density at radius 1 is 1.33 bits per heavy atom. The zero-order chi connectivity index (χ0) is 17.3. The summed E-state index contributed by atoms with van der Waals surface area (Å²) in [5, 5.41) is 4.20. The fourth-order valence-electron chi connectivity index (χ4n) is 3.65. The van der Waals surface area contributed by atoms with E-state index in [1.54, 1.807) is 16.9 Å². The van der Waals surface area contributed by atoms with E-state index in [2.05, 4.69) is 25.0 Å². The first-order valence-electron chi connectivity index (χ1n) is 8.59. The van der Waals surface area contributed by atoms with E-state index in [0.29, 0.717) is 31.7 Å². The molecule has 130 valence electrons. The summed E-state index contributed by atoms with van der Waals surface area (Å²) < 4.78 is 1.65. The topological polar surface area (TPSA) is 58.4 Å². The lowest BCUT2D eigenvalue weighted by atomic mass is 9.77. The normalized spacial score (nSPS) is 19.9. The molecule has 1 aromatic rings. The maximum atomic E-state index is 12.5. The second-order valence-electron chi connectivity index (χ2n) is 7.40. The van der Waals surface area contributed by atoms with Crippen LogP contribution in [0.3, 0.4) is 0 Å². The summed E-state index contributed by atoms with van der Waals surface area (Å²) in [6.45, 7) is 7.05. The molecule has 2 aliphatic rings. The molecule has 2 fully saturated rings. The van der Waals surface area contributed by atoms with Gasteiger partial charge in [0.25, 0.3) is 5.91 Å². The summed E-state index contributed by atoms with van der Waals surface area (Å²) >= 11 is 0. The minimum Gasteiger partial charge on any atom is -0.338 e. The molecule has 0 atom stereocenters. The number of likely N-dealkylation sites (tertiary alicyclic amines) is 2. The second-order valence-corrected chi connectivity index (χ2v) is 7.40. The SMILES string of the molecule is CC(C)=CCN1CC2(CCN(C(=O)c3ccn(C)n3)CC2)CC1=O. The van der Waals surface area contributed by atoms with E-state index in [1.165, 1.54) is 5.57 Å². The van der Waals surface area contributed by atoms with Crippen molar-refractivity contribution in [2.75, 3.05) is 26.2 Å². The third-order valence-electron chi connectivity index (χ3n) is 5.17. The van der Waals surface area contributed by atoms with Crippen molar-refractivity contribution in [3.8, 4) is 0 Å². The van der Waals surface area contributed by atoms with Crippen LogP contribution in [0.5, 0.6) is 0 Å². The van der Waals surface area contributed by atoms with E-state index in [1.807, 2.05) is 16.8 Å². The van der Waals surface area contributed by atoms with Crippen LogP contribution in [0.2, 0.25) is 0 Å². The van der Waals surface area contributed by atoms with Crippen LogP contribution in [0.1, 0.15) is 43.6 Å². The number of piperidine rings is 1. The van der Waals surface area contributed by atoms with Crippen molar-refractivity contribution in [3.05, 3.63) is 29.6 Å². The molecule has 6 nitrogen and oxygen atoms in total. The zero-order valence-corrected chi connectivity index (χ0v) is 14.8. The first-order chi connectivity index (χ1) is 11.4. The van der Waals surface area contributed by atoms with Gasteiger partial charge in [-0.1, -0.05) is 11.6 Å². The van der Waals surface area contributed by atoms with Crippen molar-refractivity contribution in [1.29, 1.82) is 0 Å². The van der Waals surface area contributed by atoms with Gasteiger partial charge in [-0.25, -0.2) is 0 Å². The highest BCUT2D eigenvalue weighted by atomic mass is 16.2. The van der Waals surface area contributed by atoms with Crippen LogP contribution >= 0.6 is 0 Å². The van der Waals surface area contributed by atoms with E-state index in [4.69, 9.17) is 0 Å². The van der Waals surface area contributed by atoms with E-state index < -0.39 is 0 Å². The van der Waals surface area contributed by atoms with Gasteiger partial charge in [0, 0.05) is 51.3 Å². The fourth-order valence-corrected chi connectivity index (χ4v) is 3.65. The molecule has 6 heteroatoms. The number of hydrogen-bond donors (Lipinski definition) is 0. The van der Waals surface area contributed by atoms with Crippen molar-refractivity contribution in [2.45, 2.75) is 33.1 Å². The van der Waals surface area contributed by atoms with E-state index in [0.717, 1.165) is 19.4 Å². The van der Waals surface area contributed by atoms with Gasteiger partial charge in [-0.15, -0.1) is 0 Å². The van der Waals surface area contributed by atoms with Crippen LogP contribution in [0.25, 0.3) is 0 Å². The zero-order valence-electron chi connectivity index (χ0n) is 14.8. The molecule has 2 saturated heterocycles. The van der Waals surface area contributed by atoms with Crippen LogP contribution in [0, 0.1) is 5.41 Å². The van der Waals surface area contributed by atoms with Crippen LogP contribution in [-0.4, -0.2) is 57.6 Å². The summed E-state index contributed by atoms with van der Waals surface area (Å²) in [6.07, 6.45) is 6.30. The van der Waals surface area contributed by atoms with Gasteiger partial charge in [-0.3, -0.25) is 14.3 Å². The number of amides is 2. The molecule has 0 aliphatic carbocycles. The first kappa shape index (κ1) is 16.7. The summed E-state index contributed by atoms with van der Waals surface area (Å²) in [5.41, 5.74) is 1.79. The number of carbonyl (C=O) groups is 2. The largest absolute Gasteiger partial charge is 0.338 e. The molecule has 0 radical (unpaired) electrons. The molecule has 2 aliphatic heterocycles. The highest BCUT2D eigenvalue weighted by molar-refractivity contribution is 5.92. The number of rotatable bonds is 3. The third-order valence-corrected chi connectivity index (χ3v) is 5.17. The Morgan fingerprint density at radius 3 is 2.62 bits per heavy atom. The molecule has 2 amide bonds. The lowest BCUT2D eigenvalue weighted by Crippen LogP contribution is -2.44. The van der Waals surface area contributed by atoms with Gasteiger partial charge in [-0.2, -0.15) is 5.10 Å². The highest BCUT2D eigenvalue weighted by Crippen LogP contribution is 2.41. The van der Waals surface area contributed by atoms with Gasteiger partial charge >= 0.3 is 0 Å². The van der Waals surface area contributed by atoms with Gasteiger partial charge in [0.05, 0.1) is 0 Å². The monoisotopic (exact) mass is 330 g/mol. The fraction of sp³-hybridized carbons (Fsp3) is 0.611. The molecule has 1 aromatic heterocycles. The molecule has 3 rings (SSSR count). The summed E-state index contributed by atoms with van der Waals surface area (Å²) in [7, 11) is 1.81. The molecule has 1 spiro atoms. The van der Waals surface area contributed by atoms with Crippen molar-refractivity contribution >= 4 is 11.8 Å². The second kappa shape index (κ2) is 6.42. The maximum Gasteiger partial charge on any atom is 0.274 e. The minimum atomic E-state index is -0.00355. The van der Waals surface area contributed by atoms with Crippen molar-refractivity contribution in [1.82, 2.24) is 19.6 Å². The van der Waals surface area contributed by atoms with E-state index in [9.17, 15) is 9.59 Å². The first-order valence-corrected chi connectivity index (χ1v) is 8.59. The van der Waals surface area contributed by atoms with Gasteiger partial charge in [-0.05, 0) is 32.8 Å². The van der Waals surface area contributed by atoms with Crippen LogP contribution < -0.4 is 0 Å². The number of allylic oxidation sites excluding steroid dienone is 1. The molecule has 0 saturated carbocycles. The average Bonchev–Trinajstić information content (AvgIpc) is 3.09. The predicted molar refractivity (Wildman–Crippen MR) is 91.4 cm³/mol. The smallest absolute Gasteiger partial charge is 0.274 e. The quantitative estimate of drug-likeness (QED) is 0.795. The Bertz CT molecular complexity index is 664. The Labute approximate surface area is 143 Å². The van der Waals surface area contributed by atoms with Crippen molar-refractivity contribution in [3.63, 3.8) is 0 Å². The standard InChI is InChI=1S/C18H26N4O2/c1-14(2)4-9-22-13-18(12-16(22)23)6-10-21(11-7-18)17(24)15-5-8-20(3)19-15/h4-5,8H,6-7,9-13H2,1-3H3. The Morgan fingerprint density at radius 2 is 2.04 bits per heavy atom. The average molecular weight is 330 g/mol. The maximum absolute atomic E-state index is 12.5. The molecule has 24 heavy (non-hydrogen) atoms. The Balaban J connectivity index is 1.59. The van der Waals surface area contributed by atoms with E-state index in [-0.39, 0.29) is 17.2 Å².